The second kappa shape index (κ2) is 8.43. The Balaban J connectivity index is 1.74. The molecule has 2 aromatic rings. The highest BCUT2D eigenvalue weighted by Gasteiger charge is 2.08. The number of benzene rings is 1. The molecule has 0 aliphatic heterocycles. The third-order valence-electron chi connectivity index (χ3n) is 3.16. The first-order valence-electron chi connectivity index (χ1n) is 7.13. The third-order valence-corrected chi connectivity index (χ3v) is 4.14. The zero-order valence-corrected chi connectivity index (χ0v) is 13.6. The quantitative estimate of drug-likeness (QED) is 0.751. The van der Waals surface area contributed by atoms with Crippen molar-refractivity contribution in [2.75, 3.05) is 19.4 Å². The predicted molar refractivity (Wildman–Crippen MR) is 86.1 cm³/mol. The van der Waals surface area contributed by atoms with E-state index in [-0.39, 0.29) is 5.91 Å². The predicted octanol–water partition coefficient (Wildman–Crippen LogP) is 1.76. The number of hydrogen-bond donors (Lipinski definition) is 1. The Bertz CT molecular complexity index is 615. The normalized spacial score (nSPS) is 10.5. The smallest absolute Gasteiger partial charge is 0.230 e. The highest BCUT2D eigenvalue weighted by Crippen LogP contribution is 2.17. The zero-order chi connectivity index (χ0) is 15.8. The second-order valence-corrected chi connectivity index (χ2v) is 5.54. The molecule has 0 saturated carbocycles. The number of amides is 1. The molecule has 0 unspecified atom stereocenters. The lowest BCUT2D eigenvalue weighted by molar-refractivity contribution is -0.118. The van der Waals surface area contributed by atoms with Crippen LogP contribution in [0.5, 0.6) is 5.75 Å². The number of hydrogen-bond acceptors (Lipinski definition) is 5. The van der Waals surface area contributed by atoms with Crippen LogP contribution in [0.1, 0.15) is 12.5 Å². The van der Waals surface area contributed by atoms with Crippen molar-refractivity contribution in [3.8, 4) is 5.75 Å². The molecule has 1 N–H and O–H groups in total. The van der Waals surface area contributed by atoms with Crippen LogP contribution in [0.3, 0.4) is 0 Å². The summed E-state index contributed by atoms with van der Waals surface area (Å²) in [4.78, 5) is 11.9. The van der Waals surface area contributed by atoms with Crippen LogP contribution in [-0.2, 0) is 17.8 Å². The van der Waals surface area contributed by atoms with Gasteiger partial charge in [0.05, 0.1) is 12.9 Å². The molecule has 1 aromatic heterocycles. The molecular formula is C15H20N4O2S. The van der Waals surface area contributed by atoms with Crippen molar-refractivity contribution >= 4 is 17.7 Å². The minimum Gasteiger partial charge on any atom is -0.496 e. The largest absolute Gasteiger partial charge is 0.496 e. The Hall–Kier alpha value is -2.02. The summed E-state index contributed by atoms with van der Waals surface area (Å²) in [5, 5.41) is 11.5. The lowest BCUT2D eigenvalue weighted by Gasteiger charge is -2.09. The van der Waals surface area contributed by atoms with Crippen LogP contribution in [0.25, 0.3) is 0 Å². The van der Waals surface area contributed by atoms with Crippen molar-refractivity contribution < 1.29 is 9.53 Å². The van der Waals surface area contributed by atoms with Gasteiger partial charge in [0.1, 0.15) is 12.1 Å². The van der Waals surface area contributed by atoms with Gasteiger partial charge in [0.2, 0.25) is 5.91 Å². The maximum atomic E-state index is 11.9. The number of para-hydroxylation sites is 1. The van der Waals surface area contributed by atoms with E-state index in [2.05, 4.69) is 15.5 Å². The van der Waals surface area contributed by atoms with Crippen LogP contribution in [0.2, 0.25) is 0 Å². The van der Waals surface area contributed by atoms with E-state index < -0.39 is 0 Å². The average molecular weight is 320 g/mol. The molecule has 22 heavy (non-hydrogen) atoms. The van der Waals surface area contributed by atoms with Crippen LogP contribution >= 0.6 is 11.8 Å². The molecule has 0 aliphatic carbocycles. The summed E-state index contributed by atoms with van der Waals surface area (Å²) < 4.78 is 7.20. The molecule has 118 valence electrons. The Labute approximate surface area is 134 Å². The second-order valence-electron chi connectivity index (χ2n) is 4.60. The highest BCUT2D eigenvalue weighted by molar-refractivity contribution is 7.99. The van der Waals surface area contributed by atoms with Crippen LogP contribution in [0.4, 0.5) is 0 Å². The summed E-state index contributed by atoms with van der Waals surface area (Å²) in [6.07, 6.45) is 2.41. The average Bonchev–Trinajstić information content (AvgIpc) is 3.01. The van der Waals surface area contributed by atoms with Crippen LogP contribution in [-0.4, -0.2) is 40.1 Å². The van der Waals surface area contributed by atoms with E-state index in [0.717, 1.165) is 29.4 Å². The minimum atomic E-state index is -0.00875. The maximum absolute atomic E-state index is 11.9. The van der Waals surface area contributed by atoms with Gasteiger partial charge in [-0.05, 0) is 25.0 Å². The Morgan fingerprint density at radius 2 is 2.23 bits per heavy atom. The lowest BCUT2D eigenvalue weighted by atomic mass is 10.1. The Morgan fingerprint density at radius 1 is 1.41 bits per heavy atom. The van der Waals surface area contributed by atoms with Gasteiger partial charge < -0.3 is 14.6 Å². The number of aryl methyl sites for hydroxylation is 1. The van der Waals surface area contributed by atoms with E-state index in [0.29, 0.717) is 12.3 Å². The molecule has 1 aromatic carbocycles. The number of rotatable bonds is 8. The molecule has 0 atom stereocenters. The third kappa shape index (κ3) is 4.49. The minimum absolute atomic E-state index is 0.00875. The van der Waals surface area contributed by atoms with Gasteiger partial charge in [-0.25, -0.2) is 0 Å². The Morgan fingerprint density at radius 3 is 3.00 bits per heavy atom. The van der Waals surface area contributed by atoms with E-state index in [1.807, 2.05) is 35.8 Å². The number of carbonyl (C=O) groups is 1. The summed E-state index contributed by atoms with van der Waals surface area (Å²) in [6, 6.07) is 7.82. The van der Waals surface area contributed by atoms with Gasteiger partial charge in [-0.3, -0.25) is 4.79 Å². The van der Waals surface area contributed by atoms with E-state index in [4.69, 9.17) is 4.74 Å². The van der Waals surface area contributed by atoms with E-state index >= 15 is 0 Å². The van der Waals surface area contributed by atoms with Crippen molar-refractivity contribution in [3.63, 3.8) is 0 Å². The summed E-state index contributed by atoms with van der Waals surface area (Å²) in [7, 11) is 1.65. The lowest BCUT2D eigenvalue weighted by Crippen LogP contribution is -2.27. The number of nitrogens with zero attached hydrogens (tertiary/aromatic N) is 3. The number of aromatic nitrogens is 3. The molecule has 0 aliphatic rings. The van der Waals surface area contributed by atoms with Crippen molar-refractivity contribution in [2.45, 2.75) is 25.0 Å². The number of thioether (sulfide) groups is 1. The van der Waals surface area contributed by atoms with Gasteiger partial charge in [0, 0.05) is 13.1 Å². The van der Waals surface area contributed by atoms with Gasteiger partial charge in [0.25, 0.3) is 0 Å². The fourth-order valence-electron chi connectivity index (χ4n) is 2.00. The van der Waals surface area contributed by atoms with Crippen molar-refractivity contribution in [3.05, 3.63) is 36.2 Å². The fraction of sp³-hybridized carbons (Fsp3) is 0.400. The first-order valence-corrected chi connectivity index (χ1v) is 8.12. The molecule has 1 heterocycles. The summed E-state index contributed by atoms with van der Waals surface area (Å²) in [6.45, 7) is 3.39. The Kier molecular flexibility index (Phi) is 6.27. The topological polar surface area (TPSA) is 69.0 Å². The van der Waals surface area contributed by atoms with Gasteiger partial charge in [-0.15, -0.1) is 10.2 Å². The summed E-state index contributed by atoms with van der Waals surface area (Å²) in [5.41, 5.74) is 1.09. The molecule has 7 heteroatoms. The molecule has 2 rings (SSSR count). The van der Waals surface area contributed by atoms with E-state index in [9.17, 15) is 4.79 Å². The molecule has 0 bridgehead atoms. The number of nitrogens with one attached hydrogen (secondary N) is 1. The van der Waals surface area contributed by atoms with Crippen LogP contribution in [0.15, 0.2) is 35.7 Å². The molecule has 0 fully saturated rings. The standard InChI is InChI=1S/C15H20N4O2S/c1-3-19-11-17-18-15(19)22-10-14(20)16-9-8-12-6-4-5-7-13(12)21-2/h4-7,11H,3,8-10H2,1-2H3,(H,16,20). The summed E-state index contributed by atoms with van der Waals surface area (Å²) in [5.74, 6) is 1.18. The molecule has 0 spiro atoms. The highest BCUT2D eigenvalue weighted by atomic mass is 32.2. The summed E-state index contributed by atoms with van der Waals surface area (Å²) >= 11 is 1.39. The first-order chi connectivity index (χ1) is 10.7. The number of ether oxygens (including phenoxy) is 1. The fourth-order valence-corrected chi connectivity index (χ4v) is 2.81. The van der Waals surface area contributed by atoms with Gasteiger partial charge in [0.15, 0.2) is 5.16 Å². The van der Waals surface area contributed by atoms with E-state index in [1.54, 1.807) is 13.4 Å². The van der Waals surface area contributed by atoms with Crippen LogP contribution in [0, 0.1) is 0 Å². The van der Waals surface area contributed by atoms with Crippen LogP contribution < -0.4 is 10.1 Å². The van der Waals surface area contributed by atoms with Gasteiger partial charge in [-0.1, -0.05) is 30.0 Å². The molecule has 6 nitrogen and oxygen atoms in total. The molecular weight excluding hydrogens is 300 g/mol. The van der Waals surface area contributed by atoms with E-state index in [1.165, 1.54) is 11.8 Å². The molecule has 0 radical (unpaired) electrons. The zero-order valence-electron chi connectivity index (χ0n) is 12.8. The number of methoxy groups -OCH3 is 1. The first kappa shape index (κ1) is 16.4. The van der Waals surface area contributed by atoms with Gasteiger partial charge >= 0.3 is 0 Å². The van der Waals surface area contributed by atoms with Crippen molar-refractivity contribution in [1.29, 1.82) is 0 Å². The van der Waals surface area contributed by atoms with Crippen molar-refractivity contribution in [2.24, 2.45) is 0 Å². The molecule has 0 saturated heterocycles. The maximum Gasteiger partial charge on any atom is 0.230 e. The van der Waals surface area contributed by atoms with Crippen molar-refractivity contribution in [1.82, 2.24) is 20.1 Å². The van der Waals surface area contributed by atoms with Gasteiger partial charge in [-0.2, -0.15) is 0 Å². The monoisotopic (exact) mass is 320 g/mol. The SMILES string of the molecule is CCn1cnnc1SCC(=O)NCCc1ccccc1OC. The number of carbonyl (C=O) groups excluding carboxylic acids is 1. The molecule has 1 amide bonds.